The molecule has 5 nitrogen and oxygen atoms in total. The van der Waals surface area contributed by atoms with Crippen LogP contribution in [0.3, 0.4) is 0 Å². The lowest BCUT2D eigenvalue weighted by atomic mass is 9.72. The summed E-state index contributed by atoms with van der Waals surface area (Å²) in [5.41, 5.74) is 10.1. The predicted octanol–water partition coefficient (Wildman–Crippen LogP) is 11.6. The van der Waals surface area contributed by atoms with Crippen LogP contribution in [0.5, 0.6) is 0 Å². The first-order chi connectivity index (χ1) is 32.0. The highest BCUT2D eigenvalue weighted by Crippen LogP contribution is 2.55. The Morgan fingerprint density at radius 1 is 0.477 bits per heavy atom. The fourth-order valence-electron chi connectivity index (χ4n) is 11.4. The van der Waals surface area contributed by atoms with Gasteiger partial charge in [-0.05, 0) is 85.8 Å². The molecule has 0 N–H and O–H groups in total. The van der Waals surface area contributed by atoms with Crippen LogP contribution in [0.25, 0.3) is 54.9 Å². The number of pyridine rings is 2. The van der Waals surface area contributed by atoms with E-state index in [1.54, 1.807) is 0 Å². The Labute approximate surface area is 378 Å². The number of hydrogen-bond donors (Lipinski definition) is 0. The number of aromatic nitrogens is 4. The van der Waals surface area contributed by atoms with Gasteiger partial charge in [0.2, 0.25) is 0 Å². The molecule has 13 rings (SSSR count). The Morgan fingerprint density at radius 3 is 1.86 bits per heavy atom. The highest BCUT2D eigenvalue weighted by molar-refractivity contribution is 7.20. The van der Waals surface area contributed by atoms with Gasteiger partial charge >= 0.3 is 0 Å². The molecule has 0 radical (unpaired) electrons. The van der Waals surface area contributed by atoms with E-state index < -0.39 is 13.5 Å². The lowest BCUT2D eigenvalue weighted by molar-refractivity contribution is 0.639. The standard InChI is InChI=1S/C59H43N5Si/c1-59(2)48-28-14-17-31-51(48)63(40-20-6-3-7-21-40)57-53(39-52-55(56(57)59)46-27-13-16-30-50(46)64(52)54-32-18-19-35-60-54)65(41-22-8-4-9-23-41,42-24-10-5-11-25-42)43-33-34-44-45-26-12-15-29-49(45)62-37-36-61-58(62)47(44)38-43/h3-39H,1-2H3. The van der Waals surface area contributed by atoms with Crippen LogP contribution in [0, 0.1) is 0 Å². The zero-order chi connectivity index (χ0) is 43.3. The fraction of sp³-hybridized carbons (Fsp3) is 0.0508. The topological polar surface area (TPSA) is 38.4 Å². The van der Waals surface area contributed by atoms with Crippen LogP contribution in [0.1, 0.15) is 25.0 Å². The summed E-state index contributed by atoms with van der Waals surface area (Å²) < 4.78 is 4.67. The average molecular weight is 850 g/mol. The molecule has 4 aromatic heterocycles. The lowest BCUT2D eigenvalue weighted by Gasteiger charge is -2.46. The monoisotopic (exact) mass is 849 g/mol. The largest absolute Gasteiger partial charge is 0.310 e. The zero-order valence-corrected chi connectivity index (χ0v) is 37.1. The van der Waals surface area contributed by atoms with Gasteiger partial charge in [-0.1, -0.05) is 172 Å². The predicted molar refractivity (Wildman–Crippen MR) is 273 cm³/mol. The Hall–Kier alpha value is -8.06. The van der Waals surface area contributed by atoms with Crippen molar-refractivity contribution >= 4 is 95.0 Å². The fourth-order valence-corrected chi connectivity index (χ4v) is 16.4. The highest BCUT2D eigenvalue weighted by Gasteiger charge is 2.49. The summed E-state index contributed by atoms with van der Waals surface area (Å²) in [6.45, 7) is 4.88. The molecule has 308 valence electrons. The minimum absolute atomic E-state index is 0.428. The number of nitrogens with zero attached hydrogens (tertiary/aromatic N) is 5. The molecule has 0 amide bonds. The van der Waals surface area contributed by atoms with Gasteiger partial charge in [0.25, 0.3) is 0 Å². The van der Waals surface area contributed by atoms with E-state index in [1.165, 1.54) is 64.8 Å². The SMILES string of the molecule is CC1(C)c2ccccc2N(c2ccccc2)c2c([Si](c3ccccc3)(c3ccccc3)c3ccc4c5ccccc5n5ccnc5c4c3)cc3c(c21)c1ccccc1n3-c1ccccn1. The van der Waals surface area contributed by atoms with E-state index in [0.29, 0.717) is 0 Å². The van der Waals surface area contributed by atoms with Crippen molar-refractivity contribution in [2.45, 2.75) is 19.3 Å². The van der Waals surface area contributed by atoms with Gasteiger partial charge < -0.3 is 4.90 Å². The van der Waals surface area contributed by atoms with Gasteiger partial charge in [0.1, 0.15) is 11.5 Å². The van der Waals surface area contributed by atoms with Gasteiger partial charge in [0.05, 0.1) is 27.9 Å². The molecular formula is C59H43N5Si. The second-order valence-corrected chi connectivity index (χ2v) is 21.5. The molecule has 0 fully saturated rings. The second kappa shape index (κ2) is 14.2. The van der Waals surface area contributed by atoms with E-state index in [2.05, 4.69) is 234 Å². The van der Waals surface area contributed by atoms with Crippen molar-refractivity contribution in [3.8, 4) is 5.82 Å². The maximum Gasteiger partial charge on any atom is 0.181 e. The summed E-state index contributed by atoms with van der Waals surface area (Å²) >= 11 is 0. The van der Waals surface area contributed by atoms with E-state index in [0.717, 1.165) is 39.1 Å². The van der Waals surface area contributed by atoms with Crippen molar-refractivity contribution in [2.24, 2.45) is 0 Å². The van der Waals surface area contributed by atoms with Crippen LogP contribution in [0.2, 0.25) is 0 Å². The molecule has 8 aromatic carbocycles. The van der Waals surface area contributed by atoms with E-state index in [9.17, 15) is 0 Å². The van der Waals surface area contributed by atoms with Crippen molar-refractivity contribution in [3.05, 3.63) is 236 Å². The third kappa shape index (κ3) is 5.26. The number of rotatable bonds is 6. The molecule has 0 unspecified atom stereocenters. The summed E-state index contributed by atoms with van der Waals surface area (Å²) in [6.07, 6.45) is 5.94. The lowest BCUT2D eigenvalue weighted by Crippen LogP contribution is -2.75. The van der Waals surface area contributed by atoms with Gasteiger partial charge in [-0.2, -0.15) is 0 Å². The van der Waals surface area contributed by atoms with Crippen molar-refractivity contribution < 1.29 is 0 Å². The molecule has 12 aromatic rings. The van der Waals surface area contributed by atoms with E-state index >= 15 is 0 Å². The average Bonchev–Trinajstić information content (AvgIpc) is 4.00. The first-order valence-electron chi connectivity index (χ1n) is 22.4. The van der Waals surface area contributed by atoms with Crippen molar-refractivity contribution in [1.82, 2.24) is 18.9 Å². The Bertz CT molecular complexity index is 3760. The third-order valence-corrected chi connectivity index (χ3v) is 18.9. The molecule has 0 spiro atoms. The molecule has 0 saturated heterocycles. The smallest absolute Gasteiger partial charge is 0.181 e. The van der Waals surface area contributed by atoms with Gasteiger partial charge in [-0.25, -0.2) is 9.97 Å². The van der Waals surface area contributed by atoms with Gasteiger partial charge in [0.15, 0.2) is 8.07 Å². The number of anilines is 3. The molecule has 1 aliphatic heterocycles. The van der Waals surface area contributed by atoms with Crippen LogP contribution >= 0.6 is 0 Å². The van der Waals surface area contributed by atoms with Crippen LogP contribution in [-0.2, 0) is 5.41 Å². The minimum atomic E-state index is -3.39. The molecule has 65 heavy (non-hydrogen) atoms. The molecule has 0 aliphatic carbocycles. The summed E-state index contributed by atoms with van der Waals surface area (Å²) in [5.74, 6) is 0.893. The van der Waals surface area contributed by atoms with Crippen molar-refractivity contribution in [1.29, 1.82) is 0 Å². The van der Waals surface area contributed by atoms with Crippen molar-refractivity contribution in [2.75, 3.05) is 4.90 Å². The normalized spacial score (nSPS) is 13.5. The van der Waals surface area contributed by atoms with E-state index in [1.807, 2.05) is 18.5 Å². The highest BCUT2D eigenvalue weighted by atomic mass is 28.3. The summed E-state index contributed by atoms with van der Waals surface area (Å²) in [6, 6.07) is 76.6. The summed E-state index contributed by atoms with van der Waals surface area (Å²) in [5, 5.41) is 11.2. The number of imidazole rings is 1. The zero-order valence-electron chi connectivity index (χ0n) is 36.1. The maximum absolute atomic E-state index is 5.07. The van der Waals surface area contributed by atoms with Crippen LogP contribution in [-0.4, -0.2) is 27.0 Å². The third-order valence-electron chi connectivity index (χ3n) is 14.1. The maximum atomic E-state index is 5.07. The van der Waals surface area contributed by atoms with E-state index in [-0.39, 0.29) is 0 Å². The van der Waals surface area contributed by atoms with Crippen LogP contribution < -0.4 is 25.6 Å². The Balaban J connectivity index is 1.30. The second-order valence-electron chi connectivity index (χ2n) is 17.8. The Morgan fingerprint density at radius 2 is 1.12 bits per heavy atom. The molecule has 0 bridgehead atoms. The first-order valence-corrected chi connectivity index (χ1v) is 24.4. The van der Waals surface area contributed by atoms with Crippen LogP contribution in [0.4, 0.5) is 17.1 Å². The molecular weight excluding hydrogens is 807 g/mol. The van der Waals surface area contributed by atoms with Gasteiger partial charge in [0, 0.05) is 51.2 Å². The molecule has 0 atom stereocenters. The summed E-state index contributed by atoms with van der Waals surface area (Å²) in [7, 11) is -3.39. The van der Waals surface area contributed by atoms with Crippen molar-refractivity contribution in [3.63, 3.8) is 0 Å². The quantitative estimate of drug-likeness (QED) is 0.0950. The summed E-state index contributed by atoms with van der Waals surface area (Å²) in [4.78, 5) is 12.7. The Kier molecular flexibility index (Phi) is 8.20. The number of para-hydroxylation sites is 4. The first kappa shape index (κ1) is 37.5. The molecule has 5 heterocycles. The van der Waals surface area contributed by atoms with E-state index in [4.69, 9.17) is 9.97 Å². The van der Waals surface area contributed by atoms with Crippen LogP contribution in [0.15, 0.2) is 225 Å². The molecule has 6 heteroatoms. The minimum Gasteiger partial charge on any atom is -0.310 e. The number of benzene rings is 8. The number of hydrogen-bond acceptors (Lipinski definition) is 3. The molecule has 1 aliphatic rings. The van der Waals surface area contributed by atoms with Gasteiger partial charge in [-0.3, -0.25) is 8.97 Å². The number of fused-ring (bicyclic) bond motifs is 12. The molecule has 0 saturated carbocycles. The van der Waals surface area contributed by atoms with Gasteiger partial charge in [-0.15, -0.1) is 0 Å².